The van der Waals surface area contributed by atoms with Crippen LogP contribution in [-0.2, 0) is 0 Å². The summed E-state index contributed by atoms with van der Waals surface area (Å²) in [6.45, 7) is 6.94. The molecule has 4 aromatic rings. The molecule has 0 amide bonds. The van der Waals surface area contributed by atoms with Crippen LogP contribution in [0.3, 0.4) is 0 Å². The van der Waals surface area contributed by atoms with Gasteiger partial charge in [0.15, 0.2) is 5.65 Å². The van der Waals surface area contributed by atoms with E-state index < -0.39 is 0 Å². The van der Waals surface area contributed by atoms with E-state index in [-0.39, 0.29) is 0 Å². The van der Waals surface area contributed by atoms with Crippen LogP contribution in [-0.4, -0.2) is 49.5 Å². The average Bonchev–Trinajstić information content (AvgIpc) is 3.29. The van der Waals surface area contributed by atoms with Gasteiger partial charge in [-0.1, -0.05) is 6.92 Å². The van der Waals surface area contributed by atoms with Gasteiger partial charge in [0.1, 0.15) is 11.6 Å². The number of hydrogen-bond acceptors (Lipinski definition) is 6. The van der Waals surface area contributed by atoms with Crippen LogP contribution in [0, 0.1) is 5.92 Å². The van der Waals surface area contributed by atoms with E-state index in [1.54, 1.807) is 6.20 Å². The third kappa shape index (κ3) is 2.85. The van der Waals surface area contributed by atoms with Crippen molar-refractivity contribution in [3.05, 3.63) is 30.9 Å². The molecule has 1 N–H and O–H groups in total. The third-order valence-electron chi connectivity index (χ3n) is 5.44. The fourth-order valence-corrected chi connectivity index (χ4v) is 3.84. The Bertz CT molecular complexity index is 1110. The van der Waals surface area contributed by atoms with E-state index in [2.05, 4.69) is 27.1 Å². The minimum absolute atomic E-state index is 0.587. The third-order valence-corrected chi connectivity index (χ3v) is 5.44. The van der Waals surface area contributed by atoms with Gasteiger partial charge in [0.25, 0.3) is 0 Å². The van der Waals surface area contributed by atoms with Gasteiger partial charge in [-0.05, 0) is 31.7 Å². The van der Waals surface area contributed by atoms with Gasteiger partial charge < -0.3 is 9.64 Å². The summed E-state index contributed by atoms with van der Waals surface area (Å²) in [6.07, 6.45) is 9.80. The average molecular weight is 377 g/mol. The number of rotatable bonds is 4. The highest BCUT2D eigenvalue weighted by molar-refractivity contribution is 6.00. The lowest BCUT2D eigenvalue weighted by Gasteiger charge is -2.30. The van der Waals surface area contributed by atoms with Crippen molar-refractivity contribution in [1.29, 1.82) is 0 Å². The maximum absolute atomic E-state index is 5.73. The Balaban J connectivity index is 1.57. The van der Waals surface area contributed by atoms with E-state index in [1.165, 1.54) is 12.8 Å². The highest BCUT2D eigenvalue weighted by Crippen LogP contribution is 2.32. The number of hydrogen-bond donors (Lipinski definition) is 1. The molecule has 8 nitrogen and oxygen atoms in total. The summed E-state index contributed by atoms with van der Waals surface area (Å²) in [6, 6.07) is 2.00. The lowest BCUT2D eigenvalue weighted by molar-refractivity contribution is 0.338. The molecule has 1 aliphatic heterocycles. The van der Waals surface area contributed by atoms with Crippen LogP contribution in [0.25, 0.3) is 27.8 Å². The van der Waals surface area contributed by atoms with Crippen molar-refractivity contribution in [1.82, 2.24) is 29.8 Å². The van der Waals surface area contributed by atoms with Crippen molar-refractivity contribution in [2.24, 2.45) is 5.92 Å². The van der Waals surface area contributed by atoms with Crippen LogP contribution in [0.1, 0.15) is 26.7 Å². The normalized spacial score (nSPS) is 15.6. The van der Waals surface area contributed by atoms with Crippen LogP contribution in [0.4, 0.5) is 5.82 Å². The lowest BCUT2D eigenvalue weighted by Crippen LogP contribution is -2.33. The number of H-pyrrole nitrogens is 1. The van der Waals surface area contributed by atoms with Gasteiger partial charge in [-0.2, -0.15) is 5.10 Å². The SMILES string of the molecule is CCOc1cc(-c2cnc(N3CCC(C)CC3)cn2)c2c3cn[nH]c3nn2c1. The zero-order valence-corrected chi connectivity index (χ0v) is 16.1. The van der Waals surface area contributed by atoms with Crippen molar-refractivity contribution in [2.75, 3.05) is 24.6 Å². The Labute approximate surface area is 162 Å². The second kappa shape index (κ2) is 6.78. The molecule has 0 aromatic carbocycles. The molecular weight excluding hydrogens is 354 g/mol. The molecule has 8 heteroatoms. The highest BCUT2D eigenvalue weighted by Gasteiger charge is 2.19. The molecule has 0 radical (unpaired) electrons. The standard InChI is InChI=1S/C20H23N7O/c1-3-28-14-8-15(19-16-9-23-24-20(16)25-27(19)12-14)17-10-22-18(11-21-17)26-6-4-13(2)5-7-26/h8-13H,3-7H2,1-2H3,(H,24,25). The summed E-state index contributed by atoms with van der Waals surface area (Å²) >= 11 is 0. The zero-order valence-electron chi connectivity index (χ0n) is 16.1. The van der Waals surface area contributed by atoms with E-state index >= 15 is 0 Å². The van der Waals surface area contributed by atoms with Crippen molar-refractivity contribution < 1.29 is 4.74 Å². The molecule has 5 rings (SSSR count). The van der Waals surface area contributed by atoms with E-state index in [0.29, 0.717) is 6.61 Å². The van der Waals surface area contributed by atoms with Gasteiger partial charge in [0.05, 0.1) is 48.0 Å². The number of aromatic amines is 1. The second-order valence-electron chi connectivity index (χ2n) is 7.38. The molecule has 0 atom stereocenters. The largest absolute Gasteiger partial charge is 0.492 e. The van der Waals surface area contributed by atoms with Gasteiger partial charge in [-0.3, -0.25) is 10.1 Å². The predicted molar refractivity (Wildman–Crippen MR) is 108 cm³/mol. The number of fused-ring (bicyclic) bond motifs is 3. The molecule has 1 fully saturated rings. The van der Waals surface area contributed by atoms with Gasteiger partial charge >= 0.3 is 0 Å². The predicted octanol–water partition coefficient (Wildman–Crippen LogP) is 3.30. The van der Waals surface area contributed by atoms with Gasteiger partial charge in [-0.15, -0.1) is 5.10 Å². The molecule has 0 saturated carbocycles. The number of piperidine rings is 1. The van der Waals surface area contributed by atoms with Crippen LogP contribution < -0.4 is 9.64 Å². The van der Waals surface area contributed by atoms with E-state index in [0.717, 1.165) is 58.4 Å². The molecule has 0 aliphatic carbocycles. The highest BCUT2D eigenvalue weighted by atomic mass is 16.5. The van der Waals surface area contributed by atoms with Gasteiger partial charge in [0, 0.05) is 18.7 Å². The van der Waals surface area contributed by atoms with Crippen LogP contribution in [0.2, 0.25) is 0 Å². The molecule has 1 aliphatic rings. The Morgan fingerprint density at radius 1 is 1.18 bits per heavy atom. The van der Waals surface area contributed by atoms with E-state index in [9.17, 15) is 0 Å². The smallest absolute Gasteiger partial charge is 0.178 e. The molecule has 4 aromatic heterocycles. The van der Waals surface area contributed by atoms with Crippen molar-refractivity contribution in [3.63, 3.8) is 0 Å². The molecule has 0 unspecified atom stereocenters. The summed E-state index contributed by atoms with van der Waals surface area (Å²) in [5.74, 6) is 2.48. The summed E-state index contributed by atoms with van der Waals surface area (Å²) in [7, 11) is 0. The number of anilines is 1. The molecule has 0 spiro atoms. The van der Waals surface area contributed by atoms with Gasteiger partial charge in [-0.25, -0.2) is 9.50 Å². The monoisotopic (exact) mass is 377 g/mol. The molecule has 5 heterocycles. The first-order valence-corrected chi connectivity index (χ1v) is 9.78. The minimum Gasteiger partial charge on any atom is -0.492 e. The fourth-order valence-electron chi connectivity index (χ4n) is 3.84. The summed E-state index contributed by atoms with van der Waals surface area (Å²) < 4.78 is 7.56. The molecule has 144 valence electrons. The number of pyridine rings is 1. The quantitative estimate of drug-likeness (QED) is 0.587. The first-order valence-electron chi connectivity index (χ1n) is 9.78. The number of aromatic nitrogens is 6. The van der Waals surface area contributed by atoms with Crippen molar-refractivity contribution >= 4 is 22.4 Å². The number of nitrogens with one attached hydrogen (secondary N) is 1. The number of nitrogens with zero attached hydrogens (tertiary/aromatic N) is 6. The summed E-state index contributed by atoms with van der Waals surface area (Å²) in [5, 5.41) is 12.6. The Morgan fingerprint density at radius 2 is 2.04 bits per heavy atom. The van der Waals surface area contributed by atoms with Crippen molar-refractivity contribution in [3.8, 4) is 17.0 Å². The topological polar surface area (TPSA) is 84.2 Å². The Hall–Kier alpha value is -3.16. The lowest BCUT2D eigenvalue weighted by atomic mass is 9.99. The van der Waals surface area contributed by atoms with Gasteiger partial charge in [0.2, 0.25) is 0 Å². The van der Waals surface area contributed by atoms with Crippen LogP contribution in [0.15, 0.2) is 30.9 Å². The maximum Gasteiger partial charge on any atom is 0.178 e. The zero-order chi connectivity index (χ0) is 19.1. The first-order chi connectivity index (χ1) is 13.7. The maximum atomic E-state index is 5.73. The Kier molecular flexibility index (Phi) is 4.11. The first kappa shape index (κ1) is 17.0. The molecule has 1 saturated heterocycles. The van der Waals surface area contributed by atoms with Crippen molar-refractivity contribution in [2.45, 2.75) is 26.7 Å². The number of ether oxygens (including phenoxy) is 1. The van der Waals surface area contributed by atoms with Crippen LogP contribution in [0.5, 0.6) is 5.75 Å². The molecular formula is C20H23N7O. The van der Waals surface area contributed by atoms with E-state index in [1.807, 2.05) is 36.1 Å². The van der Waals surface area contributed by atoms with Crippen LogP contribution >= 0.6 is 0 Å². The van der Waals surface area contributed by atoms with E-state index in [4.69, 9.17) is 14.7 Å². The molecule has 28 heavy (non-hydrogen) atoms. The summed E-state index contributed by atoms with van der Waals surface area (Å²) in [4.78, 5) is 11.8. The Morgan fingerprint density at radius 3 is 2.79 bits per heavy atom. The molecule has 0 bridgehead atoms. The fraction of sp³-hybridized carbons (Fsp3) is 0.400. The minimum atomic E-state index is 0.587. The summed E-state index contributed by atoms with van der Waals surface area (Å²) in [5.41, 5.74) is 3.41. The second-order valence-corrected chi connectivity index (χ2v) is 7.38.